The predicted octanol–water partition coefficient (Wildman–Crippen LogP) is -0.211. The highest BCUT2D eigenvalue weighted by atomic mass is 32.2. The van der Waals surface area contributed by atoms with Crippen LogP contribution in [0, 0.1) is 0 Å². The van der Waals surface area contributed by atoms with E-state index in [0.717, 1.165) is 0 Å². The van der Waals surface area contributed by atoms with Crippen molar-refractivity contribution in [2.75, 3.05) is 13.2 Å². The summed E-state index contributed by atoms with van der Waals surface area (Å²) in [5.41, 5.74) is -0.0261. The number of fused-ring (bicyclic) bond motifs is 1. The van der Waals surface area contributed by atoms with Crippen LogP contribution >= 0.6 is 0 Å². The molecule has 1 aliphatic rings. The van der Waals surface area contributed by atoms with Crippen molar-refractivity contribution < 1.29 is 22.7 Å². The van der Waals surface area contributed by atoms with Gasteiger partial charge in [0.1, 0.15) is 6.54 Å². The van der Waals surface area contributed by atoms with E-state index in [1.54, 1.807) is 6.92 Å². The third-order valence-corrected chi connectivity index (χ3v) is 4.03. The second-order valence-electron chi connectivity index (χ2n) is 3.48. The van der Waals surface area contributed by atoms with Crippen molar-refractivity contribution in [1.82, 2.24) is 9.29 Å². The molecule has 1 aliphatic heterocycles. The lowest BCUT2D eigenvalue weighted by molar-refractivity contribution is -0.142. The van der Waals surface area contributed by atoms with Crippen molar-refractivity contribution in [3.05, 3.63) is 23.9 Å². The first-order valence-electron chi connectivity index (χ1n) is 5.16. The Kier molecular flexibility index (Phi) is 3.04. The normalized spacial score (nSPS) is 16.5. The molecule has 0 radical (unpaired) electrons. The molecule has 0 fully saturated rings. The van der Waals surface area contributed by atoms with Crippen LogP contribution < -0.4 is 0 Å². The zero-order chi connectivity index (χ0) is 13.3. The summed E-state index contributed by atoms with van der Waals surface area (Å²) in [5, 5.41) is -0.320. The summed E-state index contributed by atoms with van der Waals surface area (Å²) in [6, 6.07) is 2.81. The summed E-state index contributed by atoms with van der Waals surface area (Å²) in [7, 11) is -4.04. The number of aromatic nitrogens is 1. The number of hydrogen-bond donors (Lipinski definition) is 0. The number of carbonyl (C=O) groups excluding carboxylic acids is 2. The Balaban J connectivity index is 2.37. The van der Waals surface area contributed by atoms with Gasteiger partial charge in [0, 0.05) is 6.20 Å². The molecule has 2 rings (SSSR count). The number of rotatable bonds is 3. The molecule has 0 bridgehead atoms. The number of pyridine rings is 1. The maximum atomic E-state index is 12.0. The van der Waals surface area contributed by atoms with Gasteiger partial charge in [-0.05, 0) is 19.1 Å². The zero-order valence-corrected chi connectivity index (χ0v) is 10.3. The van der Waals surface area contributed by atoms with Gasteiger partial charge < -0.3 is 4.74 Å². The van der Waals surface area contributed by atoms with Crippen LogP contribution in [0.3, 0.4) is 0 Å². The molecule has 2 heterocycles. The molecule has 0 N–H and O–H groups in total. The highest BCUT2D eigenvalue weighted by Crippen LogP contribution is 2.27. The molecule has 0 unspecified atom stereocenters. The molecule has 18 heavy (non-hydrogen) atoms. The Hall–Kier alpha value is -1.96. The minimum atomic E-state index is -4.04. The minimum Gasteiger partial charge on any atom is -0.465 e. The molecule has 1 amide bonds. The first-order chi connectivity index (χ1) is 8.48. The minimum absolute atomic E-state index is 0.0261. The molecule has 1 aromatic rings. The number of sulfonamides is 1. The number of amides is 1. The second kappa shape index (κ2) is 4.37. The van der Waals surface area contributed by atoms with Crippen LogP contribution in [0.1, 0.15) is 17.3 Å². The van der Waals surface area contributed by atoms with E-state index in [-0.39, 0.29) is 17.2 Å². The molecule has 0 saturated heterocycles. The van der Waals surface area contributed by atoms with E-state index in [2.05, 4.69) is 9.72 Å². The number of nitrogens with zero attached hydrogens (tertiary/aromatic N) is 2. The summed E-state index contributed by atoms with van der Waals surface area (Å²) < 4.78 is 29.0. The fourth-order valence-corrected chi connectivity index (χ4v) is 3.02. The van der Waals surface area contributed by atoms with E-state index < -0.39 is 28.4 Å². The first-order valence-corrected chi connectivity index (χ1v) is 6.60. The predicted molar refractivity (Wildman–Crippen MR) is 59.1 cm³/mol. The molecule has 0 aliphatic carbocycles. The maximum absolute atomic E-state index is 12.0. The smallest absolute Gasteiger partial charge is 0.326 e. The van der Waals surface area contributed by atoms with Gasteiger partial charge in [-0.3, -0.25) is 9.59 Å². The van der Waals surface area contributed by atoms with E-state index >= 15 is 0 Å². The van der Waals surface area contributed by atoms with Crippen LogP contribution in [-0.2, 0) is 19.6 Å². The largest absolute Gasteiger partial charge is 0.465 e. The van der Waals surface area contributed by atoms with Crippen molar-refractivity contribution in [1.29, 1.82) is 0 Å². The van der Waals surface area contributed by atoms with E-state index in [0.29, 0.717) is 4.31 Å². The van der Waals surface area contributed by atoms with Crippen molar-refractivity contribution in [3.63, 3.8) is 0 Å². The van der Waals surface area contributed by atoms with Crippen molar-refractivity contribution >= 4 is 21.9 Å². The van der Waals surface area contributed by atoms with E-state index in [1.807, 2.05) is 0 Å². The standard InChI is InChI=1S/C10H10N2O5S/c1-2-17-8(13)6-12-10(14)7-4-3-5-11-9(7)18(12,15)16/h3-5H,2,6H2,1H3. The summed E-state index contributed by atoms with van der Waals surface area (Å²) in [5.74, 6) is -1.53. The molecule has 0 atom stereocenters. The second-order valence-corrected chi connectivity index (χ2v) is 5.26. The Morgan fingerprint density at radius 3 is 2.83 bits per heavy atom. The highest BCUT2D eigenvalue weighted by molar-refractivity contribution is 7.90. The monoisotopic (exact) mass is 270 g/mol. The zero-order valence-electron chi connectivity index (χ0n) is 9.49. The lowest BCUT2D eigenvalue weighted by atomic mass is 10.3. The van der Waals surface area contributed by atoms with Gasteiger partial charge in [0.05, 0.1) is 12.2 Å². The van der Waals surface area contributed by atoms with Crippen LogP contribution in [0.4, 0.5) is 0 Å². The van der Waals surface area contributed by atoms with E-state index in [4.69, 9.17) is 0 Å². The highest BCUT2D eigenvalue weighted by Gasteiger charge is 2.43. The van der Waals surface area contributed by atoms with Crippen LogP contribution in [-0.4, -0.2) is 42.7 Å². The SMILES string of the molecule is CCOC(=O)CN1C(=O)c2cccnc2S1(=O)=O. The molecule has 7 nitrogen and oxygen atoms in total. The van der Waals surface area contributed by atoms with Gasteiger partial charge in [-0.25, -0.2) is 9.29 Å². The fourth-order valence-electron chi connectivity index (χ4n) is 1.59. The third-order valence-electron chi connectivity index (χ3n) is 2.34. The Morgan fingerprint density at radius 2 is 2.22 bits per heavy atom. The Morgan fingerprint density at radius 1 is 1.50 bits per heavy atom. The van der Waals surface area contributed by atoms with Gasteiger partial charge >= 0.3 is 5.97 Å². The Bertz CT molecular complexity index is 610. The lowest BCUT2D eigenvalue weighted by Gasteiger charge is -2.13. The molecule has 0 spiro atoms. The number of esters is 1. The topological polar surface area (TPSA) is 93.6 Å². The molecule has 0 aromatic carbocycles. The molecule has 1 aromatic heterocycles. The average molecular weight is 270 g/mol. The van der Waals surface area contributed by atoms with Crippen LogP contribution in [0.5, 0.6) is 0 Å². The number of ether oxygens (including phenoxy) is 1. The van der Waals surface area contributed by atoms with E-state index in [9.17, 15) is 18.0 Å². The van der Waals surface area contributed by atoms with Crippen molar-refractivity contribution in [3.8, 4) is 0 Å². The summed E-state index contributed by atoms with van der Waals surface area (Å²) in [6.45, 7) is 1.08. The van der Waals surface area contributed by atoms with Gasteiger partial charge in [0.25, 0.3) is 15.9 Å². The molecule has 0 saturated carbocycles. The van der Waals surface area contributed by atoms with Gasteiger partial charge in [-0.15, -0.1) is 0 Å². The summed E-state index contributed by atoms with van der Waals surface area (Å²) in [6.07, 6.45) is 1.28. The molecule has 96 valence electrons. The third kappa shape index (κ3) is 1.84. The Labute approximate surface area is 103 Å². The summed E-state index contributed by atoms with van der Waals surface area (Å²) >= 11 is 0. The maximum Gasteiger partial charge on any atom is 0.326 e. The number of carbonyl (C=O) groups is 2. The average Bonchev–Trinajstić information content (AvgIpc) is 2.52. The van der Waals surface area contributed by atoms with Crippen LogP contribution in [0.2, 0.25) is 0 Å². The van der Waals surface area contributed by atoms with Crippen LogP contribution in [0.15, 0.2) is 23.4 Å². The van der Waals surface area contributed by atoms with Gasteiger partial charge in [0.2, 0.25) is 0 Å². The molecular weight excluding hydrogens is 260 g/mol. The van der Waals surface area contributed by atoms with Crippen molar-refractivity contribution in [2.45, 2.75) is 11.9 Å². The first kappa shape index (κ1) is 12.5. The fraction of sp³-hybridized carbons (Fsp3) is 0.300. The van der Waals surface area contributed by atoms with Gasteiger partial charge in [-0.1, -0.05) is 0 Å². The number of hydrogen-bond acceptors (Lipinski definition) is 6. The molecular formula is C10H10N2O5S. The quantitative estimate of drug-likeness (QED) is 0.705. The van der Waals surface area contributed by atoms with Gasteiger partial charge in [0.15, 0.2) is 5.03 Å². The van der Waals surface area contributed by atoms with Gasteiger partial charge in [-0.2, -0.15) is 8.42 Å². The van der Waals surface area contributed by atoms with Crippen molar-refractivity contribution in [2.24, 2.45) is 0 Å². The molecule has 8 heteroatoms. The van der Waals surface area contributed by atoms with E-state index in [1.165, 1.54) is 18.3 Å². The summed E-state index contributed by atoms with van der Waals surface area (Å²) in [4.78, 5) is 26.8. The lowest BCUT2D eigenvalue weighted by Crippen LogP contribution is -2.35. The van der Waals surface area contributed by atoms with Crippen LogP contribution in [0.25, 0.3) is 0 Å².